The van der Waals surface area contributed by atoms with Crippen molar-refractivity contribution < 1.29 is 14.7 Å². The summed E-state index contributed by atoms with van der Waals surface area (Å²) in [7, 11) is 0. The van der Waals surface area contributed by atoms with Crippen LogP contribution < -0.4 is 0 Å². The van der Waals surface area contributed by atoms with E-state index in [1.165, 1.54) is 0 Å². The van der Waals surface area contributed by atoms with Crippen molar-refractivity contribution in [2.24, 2.45) is 17.8 Å². The first-order chi connectivity index (χ1) is 7.19. The van der Waals surface area contributed by atoms with E-state index in [0.29, 0.717) is 17.9 Å². The lowest BCUT2D eigenvalue weighted by Crippen LogP contribution is -2.38. The minimum absolute atomic E-state index is 0.00694. The van der Waals surface area contributed by atoms with Gasteiger partial charge in [-0.25, -0.2) is 0 Å². The SMILES string of the molecule is CCC1C(=O)C(C2CC2)C(=O)CC1=CO. The van der Waals surface area contributed by atoms with Crippen molar-refractivity contribution in [2.75, 3.05) is 0 Å². The number of Topliss-reactive ketones (excluding diaryl/α,β-unsaturated/α-hetero) is 2. The molecule has 2 aliphatic carbocycles. The molecule has 0 bridgehead atoms. The largest absolute Gasteiger partial charge is 0.516 e. The summed E-state index contributed by atoms with van der Waals surface area (Å²) in [5.74, 6) is -0.236. The number of hydrogen-bond donors (Lipinski definition) is 1. The third-order valence-electron chi connectivity index (χ3n) is 3.49. The monoisotopic (exact) mass is 208 g/mol. The standard InChI is InChI=1S/C12H16O3/c1-2-9-8(6-13)5-10(14)11(12(9)15)7-3-4-7/h6-7,9,11,13H,2-5H2,1H3. The van der Waals surface area contributed by atoms with Crippen LogP contribution in [0.3, 0.4) is 0 Å². The highest BCUT2D eigenvalue weighted by Gasteiger charge is 2.46. The van der Waals surface area contributed by atoms with Crippen LogP contribution >= 0.6 is 0 Å². The van der Waals surface area contributed by atoms with Gasteiger partial charge in [0, 0.05) is 12.3 Å². The van der Waals surface area contributed by atoms with Crippen molar-refractivity contribution in [2.45, 2.75) is 32.6 Å². The maximum absolute atomic E-state index is 12.0. The van der Waals surface area contributed by atoms with Crippen LogP contribution in [-0.2, 0) is 9.59 Å². The Balaban J connectivity index is 2.24. The van der Waals surface area contributed by atoms with Gasteiger partial charge in [0.1, 0.15) is 5.78 Å². The third-order valence-corrected chi connectivity index (χ3v) is 3.49. The van der Waals surface area contributed by atoms with Crippen molar-refractivity contribution in [3.05, 3.63) is 11.8 Å². The Morgan fingerprint density at radius 3 is 2.53 bits per heavy atom. The summed E-state index contributed by atoms with van der Waals surface area (Å²) in [6.45, 7) is 1.92. The molecule has 0 radical (unpaired) electrons. The molecule has 1 N–H and O–H groups in total. The number of rotatable bonds is 2. The Morgan fingerprint density at radius 2 is 2.07 bits per heavy atom. The quantitative estimate of drug-likeness (QED) is 0.558. The zero-order chi connectivity index (χ0) is 11.0. The van der Waals surface area contributed by atoms with E-state index in [2.05, 4.69) is 0 Å². The fourth-order valence-corrected chi connectivity index (χ4v) is 2.52. The molecule has 0 spiro atoms. The second-order valence-electron chi connectivity index (χ2n) is 4.53. The molecule has 82 valence electrons. The molecule has 0 aliphatic heterocycles. The van der Waals surface area contributed by atoms with Crippen LogP contribution in [0.25, 0.3) is 0 Å². The lowest BCUT2D eigenvalue weighted by Gasteiger charge is -2.28. The van der Waals surface area contributed by atoms with Crippen molar-refractivity contribution in [3.8, 4) is 0 Å². The van der Waals surface area contributed by atoms with Crippen LogP contribution in [0.2, 0.25) is 0 Å². The number of carbonyl (C=O) groups is 2. The second-order valence-corrected chi connectivity index (χ2v) is 4.53. The predicted octanol–water partition coefficient (Wildman–Crippen LogP) is 2.02. The van der Waals surface area contributed by atoms with Crippen molar-refractivity contribution in [3.63, 3.8) is 0 Å². The Bertz CT molecular complexity index is 326. The first kappa shape index (κ1) is 10.4. The maximum Gasteiger partial charge on any atom is 0.150 e. The number of aliphatic hydroxyl groups excluding tert-OH is 1. The molecule has 2 fully saturated rings. The van der Waals surface area contributed by atoms with Crippen LogP contribution in [0.4, 0.5) is 0 Å². The molecule has 3 heteroatoms. The molecule has 2 atom stereocenters. The highest BCUT2D eigenvalue weighted by molar-refractivity contribution is 6.08. The summed E-state index contributed by atoms with van der Waals surface area (Å²) in [6.07, 6.45) is 3.92. The maximum atomic E-state index is 12.0. The average Bonchev–Trinajstić information content (AvgIpc) is 3.01. The summed E-state index contributed by atoms with van der Waals surface area (Å²) >= 11 is 0. The average molecular weight is 208 g/mol. The van der Waals surface area contributed by atoms with Gasteiger partial charge >= 0.3 is 0 Å². The molecule has 2 aliphatic rings. The van der Waals surface area contributed by atoms with E-state index in [-0.39, 0.29) is 29.8 Å². The van der Waals surface area contributed by atoms with Gasteiger partial charge in [0.05, 0.1) is 12.2 Å². The summed E-state index contributed by atoms with van der Waals surface area (Å²) < 4.78 is 0. The first-order valence-electron chi connectivity index (χ1n) is 5.58. The van der Waals surface area contributed by atoms with Gasteiger partial charge in [-0.05, 0) is 30.8 Å². The normalized spacial score (nSPS) is 34.9. The highest BCUT2D eigenvalue weighted by Crippen LogP contribution is 2.43. The molecular weight excluding hydrogens is 192 g/mol. The van der Waals surface area contributed by atoms with Gasteiger partial charge in [0.15, 0.2) is 5.78 Å². The Labute approximate surface area is 89.2 Å². The summed E-state index contributed by atoms with van der Waals surface area (Å²) in [5, 5.41) is 9.00. The minimum atomic E-state index is -0.362. The fourth-order valence-electron chi connectivity index (χ4n) is 2.52. The lowest BCUT2D eigenvalue weighted by atomic mass is 9.73. The Hall–Kier alpha value is -1.12. The van der Waals surface area contributed by atoms with Gasteiger partial charge in [-0.3, -0.25) is 9.59 Å². The molecule has 0 aromatic carbocycles. The van der Waals surface area contributed by atoms with Crippen LogP contribution in [0, 0.1) is 17.8 Å². The molecule has 2 saturated carbocycles. The van der Waals surface area contributed by atoms with Crippen molar-refractivity contribution in [1.29, 1.82) is 0 Å². The summed E-state index contributed by atoms with van der Waals surface area (Å²) in [4.78, 5) is 23.8. The topological polar surface area (TPSA) is 54.4 Å². The molecule has 0 amide bonds. The minimum Gasteiger partial charge on any atom is -0.516 e. The van der Waals surface area contributed by atoms with E-state index in [0.717, 1.165) is 19.1 Å². The smallest absolute Gasteiger partial charge is 0.150 e. The Morgan fingerprint density at radius 1 is 1.40 bits per heavy atom. The molecule has 0 saturated heterocycles. The van der Waals surface area contributed by atoms with Crippen molar-refractivity contribution >= 4 is 11.6 Å². The molecule has 15 heavy (non-hydrogen) atoms. The lowest BCUT2D eigenvalue weighted by molar-refractivity contribution is -0.137. The molecule has 0 aromatic heterocycles. The van der Waals surface area contributed by atoms with E-state index >= 15 is 0 Å². The van der Waals surface area contributed by atoms with Crippen molar-refractivity contribution in [1.82, 2.24) is 0 Å². The fraction of sp³-hybridized carbons (Fsp3) is 0.667. The van der Waals surface area contributed by atoms with Gasteiger partial charge in [0.25, 0.3) is 0 Å². The van der Waals surface area contributed by atoms with E-state index in [4.69, 9.17) is 5.11 Å². The third kappa shape index (κ3) is 1.71. The highest BCUT2D eigenvalue weighted by atomic mass is 16.2. The number of allylic oxidation sites excluding steroid dienone is 1. The van der Waals surface area contributed by atoms with Crippen LogP contribution in [0.1, 0.15) is 32.6 Å². The van der Waals surface area contributed by atoms with E-state index < -0.39 is 0 Å². The van der Waals surface area contributed by atoms with E-state index in [1.807, 2.05) is 6.92 Å². The molecule has 2 unspecified atom stereocenters. The van der Waals surface area contributed by atoms with Gasteiger partial charge in [-0.1, -0.05) is 6.92 Å². The molecular formula is C12H16O3. The summed E-state index contributed by atoms with van der Waals surface area (Å²) in [6, 6.07) is 0. The van der Waals surface area contributed by atoms with Crippen LogP contribution in [-0.4, -0.2) is 16.7 Å². The first-order valence-corrected chi connectivity index (χ1v) is 5.58. The van der Waals surface area contributed by atoms with Crippen LogP contribution in [0.15, 0.2) is 11.8 Å². The molecule has 2 rings (SSSR count). The number of aliphatic hydroxyl groups is 1. The van der Waals surface area contributed by atoms with Gasteiger partial charge in [0.2, 0.25) is 0 Å². The Kier molecular flexibility index (Phi) is 2.63. The number of carbonyl (C=O) groups excluding carboxylic acids is 2. The van der Waals surface area contributed by atoms with Gasteiger partial charge < -0.3 is 5.11 Å². The van der Waals surface area contributed by atoms with Gasteiger partial charge in [-0.2, -0.15) is 0 Å². The molecule has 0 aromatic rings. The second kappa shape index (κ2) is 3.80. The van der Waals surface area contributed by atoms with E-state index in [1.54, 1.807) is 0 Å². The predicted molar refractivity (Wildman–Crippen MR) is 55.3 cm³/mol. The number of hydrogen-bond acceptors (Lipinski definition) is 3. The molecule has 3 nitrogen and oxygen atoms in total. The van der Waals surface area contributed by atoms with Crippen LogP contribution in [0.5, 0.6) is 0 Å². The van der Waals surface area contributed by atoms with E-state index in [9.17, 15) is 9.59 Å². The zero-order valence-electron chi connectivity index (χ0n) is 8.90. The number of ketones is 2. The molecule has 0 heterocycles. The summed E-state index contributed by atoms with van der Waals surface area (Å²) in [5.41, 5.74) is 0.601. The zero-order valence-corrected chi connectivity index (χ0v) is 8.90. The van der Waals surface area contributed by atoms with Gasteiger partial charge in [-0.15, -0.1) is 0 Å².